The molecule has 1 aromatic rings. The van der Waals surface area contributed by atoms with Crippen molar-refractivity contribution in [1.82, 2.24) is 0 Å². The fraction of sp³-hybridized carbons (Fsp3) is 0.571. The van der Waals surface area contributed by atoms with Crippen LogP contribution < -0.4 is 5.73 Å². The maximum atomic E-state index is 5.91. The van der Waals surface area contributed by atoms with Crippen molar-refractivity contribution in [3.63, 3.8) is 0 Å². The summed E-state index contributed by atoms with van der Waals surface area (Å²) in [4.78, 5) is 0. The quantitative estimate of drug-likeness (QED) is 0.799. The lowest BCUT2D eigenvalue weighted by Gasteiger charge is -2.05. The zero-order valence-corrected chi connectivity index (χ0v) is 9.32. The number of hydrogen-bond acceptors (Lipinski definition) is 1. The number of hydrogen-bond donors (Lipinski definition) is 1. The van der Waals surface area contributed by atoms with Crippen LogP contribution in [-0.2, 0) is 0 Å². The summed E-state index contributed by atoms with van der Waals surface area (Å²) in [6, 6.07) is 9.65. The molecule has 0 heterocycles. The van der Waals surface area contributed by atoms with Crippen LogP contribution in [0.1, 0.15) is 49.1 Å². The Morgan fingerprint density at radius 3 is 2.20 bits per heavy atom. The Kier molecular flexibility index (Phi) is 2.10. The third-order valence-corrected chi connectivity index (χ3v) is 3.93. The molecule has 1 aromatic carbocycles. The second-order valence-corrected chi connectivity index (χ2v) is 5.31. The highest BCUT2D eigenvalue weighted by Gasteiger charge is 2.40. The highest BCUT2D eigenvalue weighted by molar-refractivity contribution is 5.33. The Morgan fingerprint density at radius 1 is 1.13 bits per heavy atom. The van der Waals surface area contributed by atoms with E-state index in [-0.39, 0.29) is 0 Å². The van der Waals surface area contributed by atoms with E-state index in [0.29, 0.717) is 6.04 Å². The van der Waals surface area contributed by atoms with E-state index in [1.807, 2.05) is 0 Å². The second-order valence-electron chi connectivity index (χ2n) is 5.31. The van der Waals surface area contributed by atoms with E-state index in [1.54, 1.807) is 0 Å². The first kappa shape index (κ1) is 9.41. The van der Waals surface area contributed by atoms with Crippen LogP contribution in [0.25, 0.3) is 0 Å². The van der Waals surface area contributed by atoms with Crippen molar-refractivity contribution in [1.29, 1.82) is 0 Å². The van der Waals surface area contributed by atoms with E-state index in [9.17, 15) is 0 Å². The van der Waals surface area contributed by atoms with Gasteiger partial charge in [0.25, 0.3) is 0 Å². The Hall–Kier alpha value is -0.820. The molecule has 3 rings (SSSR count). The molecule has 0 amide bonds. The minimum atomic E-state index is 0.359. The number of benzene rings is 1. The van der Waals surface area contributed by atoms with Crippen molar-refractivity contribution in [2.75, 3.05) is 0 Å². The predicted molar refractivity (Wildman–Crippen MR) is 62.9 cm³/mol. The molecule has 80 valence electrons. The maximum Gasteiger partial charge on any atom is 0.00448 e. The largest absolute Gasteiger partial charge is 0.328 e. The van der Waals surface area contributed by atoms with Gasteiger partial charge in [0, 0.05) is 6.04 Å². The van der Waals surface area contributed by atoms with Gasteiger partial charge in [-0.25, -0.2) is 0 Å². The standard InChI is InChI=1S/C14H19N/c1-9(15)13-8-14(13)12-6-4-11(5-7-12)10-2-3-10/h4-7,9-10,13-14H,2-3,8,15H2,1H3. The molecule has 0 radical (unpaired) electrons. The summed E-state index contributed by atoms with van der Waals surface area (Å²) < 4.78 is 0. The average Bonchev–Trinajstić information content (AvgIpc) is 3.11. The molecule has 2 saturated carbocycles. The highest BCUT2D eigenvalue weighted by Crippen LogP contribution is 2.49. The molecule has 0 bridgehead atoms. The van der Waals surface area contributed by atoms with Crippen molar-refractivity contribution in [3.05, 3.63) is 35.4 Å². The lowest BCUT2D eigenvalue weighted by atomic mass is 10.0. The Balaban J connectivity index is 1.71. The molecular formula is C14H19N. The van der Waals surface area contributed by atoms with Crippen LogP contribution in [0.5, 0.6) is 0 Å². The second kappa shape index (κ2) is 3.34. The average molecular weight is 201 g/mol. The maximum absolute atomic E-state index is 5.91. The minimum absolute atomic E-state index is 0.359. The topological polar surface area (TPSA) is 26.0 Å². The monoisotopic (exact) mass is 201 g/mol. The molecule has 2 aliphatic carbocycles. The van der Waals surface area contributed by atoms with E-state index in [0.717, 1.165) is 17.8 Å². The molecule has 2 fully saturated rings. The molecule has 0 saturated heterocycles. The van der Waals surface area contributed by atoms with Crippen LogP contribution in [0.15, 0.2) is 24.3 Å². The first-order chi connectivity index (χ1) is 7.25. The van der Waals surface area contributed by atoms with Crippen LogP contribution in [-0.4, -0.2) is 6.04 Å². The highest BCUT2D eigenvalue weighted by atomic mass is 14.7. The number of rotatable bonds is 3. The van der Waals surface area contributed by atoms with Crippen LogP contribution in [0, 0.1) is 5.92 Å². The van der Waals surface area contributed by atoms with Crippen LogP contribution in [0.3, 0.4) is 0 Å². The molecule has 0 aromatic heterocycles. The lowest BCUT2D eigenvalue weighted by molar-refractivity contribution is 0.631. The summed E-state index contributed by atoms with van der Waals surface area (Å²) in [7, 11) is 0. The zero-order chi connectivity index (χ0) is 10.4. The first-order valence-electron chi connectivity index (χ1n) is 6.11. The van der Waals surface area contributed by atoms with Gasteiger partial charge >= 0.3 is 0 Å². The van der Waals surface area contributed by atoms with Crippen LogP contribution in [0.2, 0.25) is 0 Å². The van der Waals surface area contributed by atoms with Crippen molar-refractivity contribution in [2.45, 2.75) is 44.1 Å². The van der Waals surface area contributed by atoms with Gasteiger partial charge in [-0.3, -0.25) is 0 Å². The first-order valence-corrected chi connectivity index (χ1v) is 6.11. The van der Waals surface area contributed by atoms with Gasteiger partial charge in [0.2, 0.25) is 0 Å². The lowest BCUT2D eigenvalue weighted by Crippen LogP contribution is -2.17. The molecule has 15 heavy (non-hydrogen) atoms. The Labute approximate surface area is 91.7 Å². The van der Waals surface area contributed by atoms with Crippen LogP contribution in [0.4, 0.5) is 0 Å². The fourth-order valence-corrected chi connectivity index (χ4v) is 2.61. The number of nitrogens with two attached hydrogens (primary N) is 1. The summed E-state index contributed by atoms with van der Waals surface area (Å²) >= 11 is 0. The molecule has 0 aliphatic heterocycles. The van der Waals surface area contributed by atoms with Gasteiger partial charge in [-0.1, -0.05) is 24.3 Å². The smallest absolute Gasteiger partial charge is 0.00448 e. The van der Waals surface area contributed by atoms with Crippen LogP contribution >= 0.6 is 0 Å². The normalized spacial score (nSPS) is 31.3. The minimum Gasteiger partial charge on any atom is -0.328 e. The molecule has 1 nitrogen and oxygen atoms in total. The Morgan fingerprint density at radius 2 is 1.73 bits per heavy atom. The van der Waals surface area contributed by atoms with Crippen molar-refractivity contribution in [2.24, 2.45) is 11.7 Å². The summed E-state index contributed by atoms with van der Waals surface area (Å²) in [5.41, 5.74) is 8.95. The fourth-order valence-electron chi connectivity index (χ4n) is 2.61. The van der Waals surface area contributed by atoms with Crippen molar-refractivity contribution >= 4 is 0 Å². The Bertz CT molecular complexity index is 348. The third-order valence-electron chi connectivity index (χ3n) is 3.93. The van der Waals surface area contributed by atoms with Gasteiger partial charge in [-0.15, -0.1) is 0 Å². The SMILES string of the molecule is CC(N)C1CC1c1ccc(C2CC2)cc1. The molecule has 3 atom stereocenters. The zero-order valence-electron chi connectivity index (χ0n) is 9.32. The van der Waals surface area contributed by atoms with Crippen molar-refractivity contribution < 1.29 is 0 Å². The van der Waals surface area contributed by atoms with E-state index in [2.05, 4.69) is 31.2 Å². The third kappa shape index (κ3) is 1.81. The molecule has 2 N–H and O–H groups in total. The predicted octanol–water partition coefficient (Wildman–Crippen LogP) is 3.01. The van der Waals surface area contributed by atoms with E-state index in [4.69, 9.17) is 5.73 Å². The molecule has 3 unspecified atom stereocenters. The molecule has 2 aliphatic rings. The summed E-state index contributed by atoms with van der Waals surface area (Å²) in [6.45, 7) is 2.13. The summed E-state index contributed by atoms with van der Waals surface area (Å²) in [5.74, 6) is 2.36. The molecular weight excluding hydrogens is 182 g/mol. The van der Waals surface area contributed by atoms with Gasteiger partial charge in [0.1, 0.15) is 0 Å². The van der Waals surface area contributed by atoms with E-state index in [1.165, 1.54) is 30.4 Å². The van der Waals surface area contributed by atoms with Gasteiger partial charge in [-0.2, -0.15) is 0 Å². The summed E-state index contributed by atoms with van der Waals surface area (Å²) in [5, 5.41) is 0. The van der Waals surface area contributed by atoms with Gasteiger partial charge in [0.15, 0.2) is 0 Å². The van der Waals surface area contributed by atoms with Gasteiger partial charge in [-0.05, 0) is 55.1 Å². The van der Waals surface area contributed by atoms with Gasteiger partial charge in [0.05, 0.1) is 0 Å². The van der Waals surface area contributed by atoms with Gasteiger partial charge < -0.3 is 5.73 Å². The molecule has 1 heteroatoms. The van der Waals surface area contributed by atoms with E-state index < -0.39 is 0 Å². The molecule has 0 spiro atoms. The van der Waals surface area contributed by atoms with Crippen molar-refractivity contribution in [3.8, 4) is 0 Å². The summed E-state index contributed by atoms with van der Waals surface area (Å²) in [6.07, 6.45) is 4.08. The van der Waals surface area contributed by atoms with E-state index >= 15 is 0 Å².